The molecule has 7 heteroatoms. The Morgan fingerprint density at radius 3 is 2.52 bits per heavy atom. The monoisotopic (exact) mass is 344 g/mol. The molecule has 130 valence electrons. The highest BCUT2D eigenvalue weighted by Crippen LogP contribution is 2.31. The van der Waals surface area contributed by atoms with Gasteiger partial charge in [0.2, 0.25) is 0 Å². The molecule has 0 spiro atoms. The van der Waals surface area contributed by atoms with E-state index in [4.69, 9.17) is 19.3 Å². The van der Waals surface area contributed by atoms with E-state index in [0.29, 0.717) is 24.7 Å². The molecule has 2 N–H and O–H groups in total. The van der Waals surface area contributed by atoms with Gasteiger partial charge in [-0.15, -0.1) is 0 Å². The highest BCUT2D eigenvalue weighted by Gasteiger charge is 2.16. The molecule has 1 heterocycles. The fraction of sp³-hybridized carbons (Fsp3) is 0.222. The minimum Gasteiger partial charge on any atom is -0.507 e. The largest absolute Gasteiger partial charge is 0.507 e. The Bertz CT molecular complexity index is 813. The molecule has 7 nitrogen and oxygen atoms in total. The lowest BCUT2D eigenvalue weighted by molar-refractivity contribution is -0.139. The van der Waals surface area contributed by atoms with Crippen molar-refractivity contribution in [3.63, 3.8) is 0 Å². The highest BCUT2D eigenvalue weighted by atomic mass is 16.6. The van der Waals surface area contributed by atoms with Gasteiger partial charge in [0.25, 0.3) is 0 Å². The molecule has 0 bridgehead atoms. The summed E-state index contributed by atoms with van der Waals surface area (Å²) >= 11 is 0. The van der Waals surface area contributed by atoms with E-state index in [2.05, 4.69) is 0 Å². The van der Waals surface area contributed by atoms with Crippen LogP contribution in [0.5, 0.6) is 23.0 Å². The molecule has 0 atom stereocenters. The van der Waals surface area contributed by atoms with E-state index < -0.39 is 12.6 Å². The summed E-state index contributed by atoms with van der Waals surface area (Å²) in [4.78, 5) is 22.9. The molecule has 0 saturated heterocycles. The lowest BCUT2D eigenvalue weighted by atomic mass is 10.0. The van der Waals surface area contributed by atoms with E-state index >= 15 is 0 Å². The molecule has 25 heavy (non-hydrogen) atoms. The van der Waals surface area contributed by atoms with Crippen LogP contribution in [0.3, 0.4) is 0 Å². The molecule has 1 aliphatic heterocycles. The van der Waals surface area contributed by atoms with Gasteiger partial charge in [0, 0.05) is 12.5 Å². The number of hydrogen-bond donors (Lipinski definition) is 2. The van der Waals surface area contributed by atoms with Gasteiger partial charge in [0.15, 0.2) is 23.9 Å². The Labute approximate surface area is 143 Å². The summed E-state index contributed by atoms with van der Waals surface area (Å²) in [5, 5.41) is 18.6. The fourth-order valence-corrected chi connectivity index (χ4v) is 2.46. The summed E-state index contributed by atoms with van der Waals surface area (Å²) in [7, 11) is 0. The first kappa shape index (κ1) is 16.6. The Hall–Kier alpha value is -3.22. The molecule has 1 aliphatic rings. The van der Waals surface area contributed by atoms with Gasteiger partial charge in [-0.1, -0.05) is 6.07 Å². The number of rotatable bonds is 6. The summed E-state index contributed by atoms with van der Waals surface area (Å²) in [6, 6.07) is 9.34. The highest BCUT2D eigenvalue weighted by molar-refractivity contribution is 6.00. The van der Waals surface area contributed by atoms with Gasteiger partial charge in [-0.3, -0.25) is 4.79 Å². The van der Waals surface area contributed by atoms with Gasteiger partial charge < -0.3 is 24.4 Å². The number of carboxylic acids is 1. The van der Waals surface area contributed by atoms with Crippen LogP contribution >= 0.6 is 0 Å². The summed E-state index contributed by atoms with van der Waals surface area (Å²) in [5.41, 5.74) is 0.873. The van der Waals surface area contributed by atoms with E-state index in [1.165, 1.54) is 18.2 Å². The van der Waals surface area contributed by atoms with Gasteiger partial charge in [-0.25, -0.2) is 4.79 Å². The molecule has 0 aliphatic carbocycles. The number of Topliss-reactive ketones (excluding diaryl/α,β-unsaturated/α-hetero) is 1. The maximum Gasteiger partial charge on any atom is 0.341 e. The van der Waals surface area contributed by atoms with Crippen molar-refractivity contribution in [1.82, 2.24) is 0 Å². The zero-order valence-electron chi connectivity index (χ0n) is 13.2. The summed E-state index contributed by atoms with van der Waals surface area (Å²) in [5.74, 6) is -0.248. The lowest BCUT2D eigenvalue weighted by Gasteiger charge is -2.18. The molecule has 3 rings (SSSR count). The molecule has 0 saturated carbocycles. The van der Waals surface area contributed by atoms with E-state index in [-0.39, 0.29) is 29.3 Å². The number of fused-ring (bicyclic) bond motifs is 1. The molecule has 2 aromatic rings. The summed E-state index contributed by atoms with van der Waals surface area (Å²) < 4.78 is 15.9. The SMILES string of the molecule is O=C(O)COc1ccc(C(=O)Cc2ccc3c(c2)OCCO3)c(O)c1. The van der Waals surface area contributed by atoms with Crippen LogP contribution in [0, 0.1) is 0 Å². The number of carbonyl (C=O) groups excluding carboxylic acids is 1. The fourth-order valence-electron chi connectivity index (χ4n) is 2.46. The lowest BCUT2D eigenvalue weighted by Crippen LogP contribution is -2.15. The number of phenols is 1. The number of benzene rings is 2. The third kappa shape index (κ3) is 4.00. The van der Waals surface area contributed by atoms with Crippen molar-refractivity contribution in [3.05, 3.63) is 47.5 Å². The van der Waals surface area contributed by atoms with Gasteiger partial charge in [-0.2, -0.15) is 0 Å². The molecule has 0 aromatic heterocycles. The van der Waals surface area contributed by atoms with Crippen LogP contribution < -0.4 is 14.2 Å². The average Bonchev–Trinajstić information content (AvgIpc) is 2.59. The standard InChI is InChI=1S/C18H16O7/c19-14(7-11-1-4-16-17(8-11)24-6-5-23-16)13-3-2-12(9-15(13)20)25-10-18(21)22/h1-4,8-9,20H,5-7,10H2,(H,21,22). The number of carbonyl (C=O) groups is 2. The molecular formula is C18H16O7. The molecule has 2 aromatic carbocycles. The van der Waals surface area contributed by atoms with Gasteiger partial charge in [-0.05, 0) is 29.8 Å². The van der Waals surface area contributed by atoms with Crippen molar-refractivity contribution in [2.45, 2.75) is 6.42 Å². The van der Waals surface area contributed by atoms with Crippen LogP contribution in [0.25, 0.3) is 0 Å². The second kappa shape index (κ2) is 7.12. The third-order valence-electron chi connectivity index (χ3n) is 3.60. The quantitative estimate of drug-likeness (QED) is 0.773. The van der Waals surface area contributed by atoms with E-state index in [9.17, 15) is 14.7 Å². The Morgan fingerprint density at radius 2 is 1.80 bits per heavy atom. The maximum atomic E-state index is 12.4. The van der Waals surface area contributed by atoms with Gasteiger partial charge >= 0.3 is 5.97 Å². The van der Waals surface area contributed by atoms with Crippen LogP contribution in [0.4, 0.5) is 0 Å². The van der Waals surface area contributed by atoms with Crippen molar-refractivity contribution in [2.75, 3.05) is 19.8 Å². The van der Waals surface area contributed by atoms with Crippen LogP contribution in [-0.2, 0) is 11.2 Å². The van der Waals surface area contributed by atoms with E-state index in [0.717, 1.165) is 5.56 Å². The molecule has 0 radical (unpaired) electrons. The van der Waals surface area contributed by atoms with Gasteiger partial charge in [0.1, 0.15) is 24.7 Å². The zero-order valence-corrected chi connectivity index (χ0v) is 13.2. The van der Waals surface area contributed by atoms with Crippen molar-refractivity contribution in [2.24, 2.45) is 0 Å². The number of ketones is 1. The Morgan fingerprint density at radius 1 is 1.04 bits per heavy atom. The first-order chi connectivity index (χ1) is 12.0. The minimum absolute atomic E-state index is 0.0829. The second-order valence-electron chi connectivity index (χ2n) is 5.44. The summed E-state index contributed by atoms with van der Waals surface area (Å²) in [6.07, 6.45) is 0.0829. The third-order valence-corrected chi connectivity index (χ3v) is 3.60. The maximum absolute atomic E-state index is 12.4. The smallest absolute Gasteiger partial charge is 0.341 e. The molecule has 0 unspecified atom stereocenters. The number of aromatic hydroxyl groups is 1. The first-order valence-corrected chi connectivity index (χ1v) is 7.62. The average molecular weight is 344 g/mol. The normalized spacial score (nSPS) is 12.5. The molecular weight excluding hydrogens is 328 g/mol. The zero-order chi connectivity index (χ0) is 17.8. The minimum atomic E-state index is -1.13. The summed E-state index contributed by atoms with van der Waals surface area (Å²) in [6.45, 7) is 0.433. The van der Waals surface area contributed by atoms with E-state index in [1.54, 1.807) is 18.2 Å². The predicted octanol–water partition coefficient (Wildman–Crippen LogP) is 2.05. The molecule has 0 amide bonds. The Kier molecular flexibility index (Phi) is 4.74. The number of aliphatic carboxylic acids is 1. The van der Waals surface area contributed by atoms with Crippen molar-refractivity contribution in [3.8, 4) is 23.0 Å². The van der Waals surface area contributed by atoms with Gasteiger partial charge in [0.05, 0.1) is 5.56 Å². The van der Waals surface area contributed by atoms with E-state index in [1.807, 2.05) is 0 Å². The number of phenolic OH excluding ortho intramolecular Hbond substituents is 1. The first-order valence-electron chi connectivity index (χ1n) is 7.62. The number of ether oxygens (including phenoxy) is 3. The van der Waals surface area contributed by atoms with Crippen LogP contribution in [0.1, 0.15) is 15.9 Å². The van der Waals surface area contributed by atoms with Crippen molar-refractivity contribution >= 4 is 11.8 Å². The topological polar surface area (TPSA) is 102 Å². The predicted molar refractivity (Wildman–Crippen MR) is 86.7 cm³/mol. The molecule has 0 fully saturated rings. The Balaban J connectivity index is 1.71. The number of carboxylic acid groups (broad SMARTS) is 1. The second-order valence-corrected chi connectivity index (χ2v) is 5.44. The number of hydrogen-bond acceptors (Lipinski definition) is 6. The van der Waals surface area contributed by atoms with Crippen LogP contribution in [0.2, 0.25) is 0 Å². The van der Waals surface area contributed by atoms with Crippen LogP contribution in [-0.4, -0.2) is 41.8 Å². The van der Waals surface area contributed by atoms with Crippen molar-refractivity contribution < 1.29 is 34.0 Å². The van der Waals surface area contributed by atoms with Crippen molar-refractivity contribution in [1.29, 1.82) is 0 Å². The van der Waals surface area contributed by atoms with Crippen LogP contribution in [0.15, 0.2) is 36.4 Å².